The van der Waals surface area contributed by atoms with Crippen molar-refractivity contribution in [2.75, 3.05) is 0 Å². The van der Waals surface area contributed by atoms with Crippen LogP contribution in [0.15, 0.2) is 42.7 Å². The summed E-state index contributed by atoms with van der Waals surface area (Å²) in [4.78, 5) is 8.26. The monoisotopic (exact) mass is 200 g/mol. The van der Waals surface area contributed by atoms with Crippen molar-refractivity contribution in [3.8, 4) is 5.88 Å². The Morgan fingerprint density at radius 3 is 2.73 bits per heavy atom. The van der Waals surface area contributed by atoms with Crippen molar-refractivity contribution in [3.05, 3.63) is 54.0 Å². The molecule has 0 aliphatic carbocycles. The summed E-state index contributed by atoms with van der Waals surface area (Å²) in [5.74, 6) is 0.637. The molecular weight excluding hydrogens is 188 g/mol. The largest absolute Gasteiger partial charge is 0.473 e. The number of hydrogen-bond acceptors (Lipinski definition) is 3. The second-order valence-electron chi connectivity index (χ2n) is 3.26. The number of ether oxygens (including phenoxy) is 1. The molecule has 2 aromatic heterocycles. The lowest BCUT2D eigenvalue weighted by molar-refractivity contribution is 0.293. The smallest absolute Gasteiger partial charge is 0.213 e. The Balaban J connectivity index is 1.96. The molecule has 3 nitrogen and oxygen atoms in total. The topological polar surface area (TPSA) is 35.0 Å². The molecule has 0 amide bonds. The second-order valence-corrected chi connectivity index (χ2v) is 3.26. The average molecular weight is 200 g/mol. The van der Waals surface area contributed by atoms with Crippen LogP contribution in [0.3, 0.4) is 0 Å². The Morgan fingerprint density at radius 2 is 2.07 bits per heavy atom. The highest BCUT2D eigenvalue weighted by Gasteiger charge is 1.96. The molecule has 0 radical (unpaired) electrons. The van der Waals surface area contributed by atoms with E-state index >= 15 is 0 Å². The summed E-state index contributed by atoms with van der Waals surface area (Å²) in [5.41, 5.74) is 2.06. The maximum atomic E-state index is 5.48. The molecule has 2 heterocycles. The van der Waals surface area contributed by atoms with Crippen LogP contribution >= 0.6 is 0 Å². The molecule has 0 unspecified atom stereocenters. The minimum absolute atomic E-state index is 0.504. The summed E-state index contributed by atoms with van der Waals surface area (Å²) < 4.78 is 5.48. The van der Waals surface area contributed by atoms with Gasteiger partial charge in [-0.2, -0.15) is 0 Å². The zero-order chi connectivity index (χ0) is 10.5. The van der Waals surface area contributed by atoms with Crippen LogP contribution in [0.25, 0.3) is 0 Å². The van der Waals surface area contributed by atoms with Crippen LogP contribution in [0.4, 0.5) is 0 Å². The number of aromatic nitrogens is 2. The van der Waals surface area contributed by atoms with Gasteiger partial charge in [0.2, 0.25) is 5.88 Å². The second kappa shape index (κ2) is 4.55. The van der Waals surface area contributed by atoms with Crippen LogP contribution in [-0.2, 0) is 6.61 Å². The Labute approximate surface area is 88.8 Å². The minimum atomic E-state index is 0.504. The van der Waals surface area contributed by atoms with Crippen molar-refractivity contribution in [3.63, 3.8) is 0 Å². The van der Waals surface area contributed by atoms with Crippen LogP contribution in [-0.4, -0.2) is 9.97 Å². The van der Waals surface area contributed by atoms with Gasteiger partial charge in [-0.3, -0.25) is 4.98 Å². The lowest BCUT2D eigenvalue weighted by atomic mass is 10.3. The SMILES string of the molecule is Cc1ccc(COc2ccccn2)cn1. The van der Waals surface area contributed by atoms with Crippen LogP contribution < -0.4 is 4.74 Å². The highest BCUT2D eigenvalue weighted by Crippen LogP contribution is 2.07. The van der Waals surface area contributed by atoms with Crippen LogP contribution in [0.5, 0.6) is 5.88 Å². The normalized spacial score (nSPS) is 9.93. The maximum Gasteiger partial charge on any atom is 0.213 e. The predicted octanol–water partition coefficient (Wildman–Crippen LogP) is 2.36. The molecule has 76 valence electrons. The third-order valence-corrected chi connectivity index (χ3v) is 2.00. The summed E-state index contributed by atoms with van der Waals surface area (Å²) >= 11 is 0. The van der Waals surface area contributed by atoms with Gasteiger partial charge in [0.05, 0.1) is 0 Å². The lowest BCUT2D eigenvalue weighted by Gasteiger charge is -2.04. The molecule has 0 aliphatic rings. The fraction of sp³-hybridized carbons (Fsp3) is 0.167. The summed E-state index contributed by atoms with van der Waals surface area (Å²) in [6.07, 6.45) is 3.53. The molecule has 0 saturated heterocycles. The molecule has 15 heavy (non-hydrogen) atoms. The van der Waals surface area contributed by atoms with E-state index in [0.717, 1.165) is 11.3 Å². The average Bonchev–Trinajstić information content (AvgIpc) is 2.30. The van der Waals surface area contributed by atoms with E-state index in [2.05, 4.69) is 9.97 Å². The molecular formula is C12H12N2O. The molecule has 0 aliphatic heterocycles. The molecule has 0 fully saturated rings. The molecule has 0 N–H and O–H groups in total. The van der Waals surface area contributed by atoms with E-state index in [1.54, 1.807) is 6.20 Å². The first-order chi connectivity index (χ1) is 7.34. The highest BCUT2D eigenvalue weighted by atomic mass is 16.5. The third-order valence-electron chi connectivity index (χ3n) is 2.00. The number of rotatable bonds is 3. The molecule has 0 aromatic carbocycles. The van der Waals surface area contributed by atoms with Crippen molar-refractivity contribution >= 4 is 0 Å². The zero-order valence-corrected chi connectivity index (χ0v) is 8.55. The van der Waals surface area contributed by atoms with Crippen molar-refractivity contribution in [2.45, 2.75) is 13.5 Å². The summed E-state index contributed by atoms with van der Waals surface area (Å²) in [7, 11) is 0. The first-order valence-electron chi connectivity index (χ1n) is 4.80. The Kier molecular flexibility index (Phi) is 2.93. The van der Waals surface area contributed by atoms with Crippen molar-refractivity contribution in [1.82, 2.24) is 9.97 Å². The molecule has 0 spiro atoms. The quantitative estimate of drug-likeness (QED) is 0.762. The van der Waals surface area contributed by atoms with E-state index in [-0.39, 0.29) is 0 Å². The Morgan fingerprint density at radius 1 is 1.13 bits per heavy atom. The highest BCUT2D eigenvalue weighted by molar-refractivity contribution is 5.14. The molecule has 0 saturated carbocycles. The molecule has 0 bridgehead atoms. The van der Waals surface area contributed by atoms with E-state index in [1.165, 1.54) is 0 Å². The maximum absolute atomic E-state index is 5.48. The van der Waals surface area contributed by atoms with Gasteiger partial charge in [-0.15, -0.1) is 0 Å². The van der Waals surface area contributed by atoms with E-state index < -0.39 is 0 Å². The molecule has 2 rings (SSSR count). The first kappa shape index (κ1) is 9.65. The summed E-state index contributed by atoms with van der Waals surface area (Å²) in [6.45, 7) is 2.47. The van der Waals surface area contributed by atoms with Crippen LogP contribution in [0, 0.1) is 6.92 Å². The van der Waals surface area contributed by atoms with Gasteiger partial charge < -0.3 is 4.74 Å². The molecule has 3 heteroatoms. The molecule has 2 aromatic rings. The number of aryl methyl sites for hydroxylation is 1. The Hall–Kier alpha value is -1.90. The van der Waals surface area contributed by atoms with Crippen LogP contribution in [0.2, 0.25) is 0 Å². The van der Waals surface area contributed by atoms with Crippen LogP contribution in [0.1, 0.15) is 11.3 Å². The van der Waals surface area contributed by atoms with Gasteiger partial charge in [0, 0.05) is 29.7 Å². The standard InChI is InChI=1S/C12H12N2O/c1-10-5-6-11(8-14-10)9-15-12-4-2-3-7-13-12/h2-8H,9H2,1H3. The number of nitrogens with zero attached hydrogens (tertiary/aromatic N) is 2. The fourth-order valence-electron chi connectivity index (χ4n) is 1.17. The lowest BCUT2D eigenvalue weighted by Crippen LogP contribution is -1.97. The van der Waals surface area contributed by atoms with E-state index in [0.29, 0.717) is 12.5 Å². The zero-order valence-electron chi connectivity index (χ0n) is 8.55. The summed E-state index contributed by atoms with van der Waals surface area (Å²) in [5, 5.41) is 0. The van der Waals surface area contributed by atoms with E-state index in [1.807, 2.05) is 43.5 Å². The van der Waals surface area contributed by atoms with Crippen molar-refractivity contribution < 1.29 is 4.74 Å². The number of hydrogen-bond donors (Lipinski definition) is 0. The van der Waals surface area contributed by atoms with Gasteiger partial charge in [0.1, 0.15) is 6.61 Å². The Bertz CT molecular complexity index is 411. The van der Waals surface area contributed by atoms with Gasteiger partial charge in [0.15, 0.2) is 0 Å². The van der Waals surface area contributed by atoms with Gasteiger partial charge in [-0.1, -0.05) is 12.1 Å². The van der Waals surface area contributed by atoms with Crippen molar-refractivity contribution in [2.24, 2.45) is 0 Å². The molecule has 0 atom stereocenters. The third kappa shape index (κ3) is 2.77. The minimum Gasteiger partial charge on any atom is -0.473 e. The fourth-order valence-corrected chi connectivity index (χ4v) is 1.17. The van der Waals surface area contributed by atoms with Crippen molar-refractivity contribution in [1.29, 1.82) is 0 Å². The first-order valence-corrected chi connectivity index (χ1v) is 4.80. The van der Waals surface area contributed by atoms with E-state index in [9.17, 15) is 0 Å². The van der Waals surface area contributed by atoms with Gasteiger partial charge in [-0.05, 0) is 19.1 Å². The van der Waals surface area contributed by atoms with Gasteiger partial charge in [-0.25, -0.2) is 4.98 Å². The van der Waals surface area contributed by atoms with Gasteiger partial charge >= 0.3 is 0 Å². The summed E-state index contributed by atoms with van der Waals surface area (Å²) in [6, 6.07) is 9.57. The van der Waals surface area contributed by atoms with E-state index in [4.69, 9.17) is 4.74 Å². The number of pyridine rings is 2. The predicted molar refractivity (Wildman–Crippen MR) is 57.5 cm³/mol. The van der Waals surface area contributed by atoms with Gasteiger partial charge in [0.25, 0.3) is 0 Å².